The summed E-state index contributed by atoms with van der Waals surface area (Å²) in [4.78, 5) is 12.3. The predicted octanol–water partition coefficient (Wildman–Crippen LogP) is 5.62. The summed E-state index contributed by atoms with van der Waals surface area (Å²) in [6.07, 6.45) is 4.44. The van der Waals surface area contributed by atoms with Crippen LogP contribution in [0.5, 0.6) is 0 Å². The molecule has 0 amide bonds. The van der Waals surface area contributed by atoms with E-state index in [1.54, 1.807) is 0 Å². The summed E-state index contributed by atoms with van der Waals surface area (Å²) in [6, 6.07) is 0. The van der Waals surface area contributed by atoms with Gasteiger partial charge in [0.1, 0.15) is 12.2 Å². The van der Waals surface area contributed by atoms with Crippen molar-refractivity contribution >= 4 is 5.97 Å². The van der Waals surface area contributed by atoms with E-state index in [4.69, 9.17) is 14.2 Å². The van der Waals surface area contributed by atoms with E-state index in [2.05, 4.69) is 0 Å². The van der Waals surface area contributed by atoms with Gasteiger partial charge in [0.25, 0.3) is 5.92 Å². The lowest BCUT2D eigenvalue weighted by molar-refractivity contribution is -0.170. The van der Waals surface area contributed by atoms with Crippen LogP contribution in [0.15, 0.2) is 0 Å². The van der Waals surface area contributed by atoms with E-state index in [0.29, 0.717) is 38.7 Å². The Morgan fingerprint density at radius 1 is 1.23 bits per heavy atom. The minimum Gasteiger partial charge on any atom is -0.462 e. The van der Waals surface area contributed by atoms with E-state index in [0.717, 1.165) is 32.1 Å². The molecule has 2 aliphatic rings. The van der Waals surface area contributed by atoms with E-state index in [9.17, 15) is 18.7 Å². The smallest absolute Gasteiger partial charge is 0.306 e. The largest absolute Gasteiger partial charge is 0.462 e. The first-order chi connectivity index (χ1) is 14.8. The first-order valence-corrected chi connectivity index (χ1v) is 12.3. The fourth-order valence-electron chi connectivity index (χ4n) is 5.11. The van der Waals surface area contributed by atoms with Gasteiger partial charge >= 0.3 is 5.97 Å². The summed E-state index contributed by atoms with van der Waals surface area (Å²) in [5.41, 5.74) is 0. The van der Waals surface area contributed by atoms with Crippen molar-refractivity contribution in [2.24, 2.45) is 11.8 Å². The fourth-order valence-corrected chi connectivity index (χ4v) is 5.11. The van der Waals surface area contributed by atoms with Crippen molar-refractivity contribution in [2.75, 3.05) is 6.61 Å². The number of unbranched alkanes of at least 4 members (excludes halogenated alkanes) is 1. The Bertz CT molecular complexity index is 530. The molecule has 1 saturated heterocycles. The second-order valence-corrected chi connectivity index (χ2v) is 9.20. The first kappa shape index (κ1) is 26.5. The highest BCUT2D eigenvalue weighted by molar-refractivity contribution is 5.69. The minimum atomic E-state index is -3.08. The van der Waals surface area contributed by atoms with Crippen molar-refractivity contribution in [3.05, 3.63) is 0 Å². The minimum absolute atomic E-state index is 0.0153. The Labute approximate surface area is 186 Å². The van der Waals surface area contributed by atoms with Crippen LogP contribution in [-0.4, -0.2) is 48.2 Å². The number of aliphatic hydroxyl groups excluding tert-OH is 1. The Hall–Kier alpha value is -0.790. The standard InChI is InChI=1S/C24H42F2O5/c1-4-6-15-24(25,26)22(27)14-13-19-18-11-9-7-8-10-12-23(28)31-21(18)16-20(19)30-17(3)29-5-2/h17-22,27H,4-16H2,1-3H3/t17?,18-,19-,20-,21+,22-/m1/s1. The summed E-state index contributed by atoms with van der Waals surface area (Å²) in [5, 5.41) is 10.2. The molecule has 5 nitrogen and oxygen atoms in total. The number of hydrogen-bond acceptors (Lipinski definition) is 5. The molecule has 6 atom stereocenters. The van der Waals surface area contributed by atoms with E-state index >= 15 is 0 Å². The molecule has 1 aliphatic carbocycles. The quantitative estimate of drug-likeness (QED) is 0.328. The van der Waals surface area contributed by atoms with Crippen LogP contribution in [0.3, 0.4) is 0 Å². The highest BCUT2D eigenvalue weighted by Crippen LogP contribution is 2.44. The van der Waals surface area contributed by atoms with Crippen molar-refractivity contribution < 1.29 is 32.9 Å². The third kappa shape index (κ3) is 8.25. The van der Waals surface area contributed by atoms with Crippen molar-refractivity contribution in [3.8, 4) is 0 Å². The average molecular weight is 449 g/mol. The summed E-state index contributed by atoms with van der Waals surface area (Å²) in [6.45, 7) is 6.10. The molecule has 0 aromatic carbocycles. The van der Waals surface area contributed by atoms with Gasteiger partial charge < -0.3 is 19.3 Å². The van der Waals surface area contributed by atoms with Crippen LogP contribution in [-0.2, 0) is 19.0 Å². The zero-order chi connectivity index (χ0) is 22.9. The van der Waals surface area contributed by atoms with Crippen LogP contribution in [0.25, 0.3) is 0 Å². The molecule has 7 heteroatoms. The SMILES string of the molecule is CCCCC(F)(F)[C@H](O)CC[C@@H]1[C@H]2CCCCCCC(=O)O[C@H]2C[C@H]1OC(C)OCC. The number of carbonyl (C=O) groups is 1. The summed E-state index contributed by atoms with van der Waals surface area (Å²) in [5.74, 6) is -3.24. The maximum absolute atomic E-state index is 14.3. The molecule has 1 unspecified atom stereocenters. The molecule has 0 bridgehead atoms. The van der Waals surface area contributed by atoms with Crippen LogP contribution in [0.2, 0.25) is 0 Å². The molecule has 0 radical (unpaired) electrons. The lowest BCUT2D eigenvalue weighted by atomic mass is 9.83. The Balaban J connectivity index is 2.11. The third-order valence-corrected chi connectivity index (χ3v) is 6.81. The molecule has 0 spiro atoms. The van der Waals surface area contributed by atoms with Crippen LogP contribution in [0.4, 0.5) is 8.78 Å². The van der Waals surface area contributed by atoms with Gasteiger partial charge in [0, 0.05) is 31.8 Å². The number of alkyl halides is 2. The Morgan fingerprint density at radius 3 is 2.68 bits per heavy atom. The summed E-state index contributed by atoms with van der Waals surface area (Å²) in [7, 11) is 0. The highest BCUT2D eigenvalue weighted by atomic mass is 19.3. The van der Waals surface area contributed by atoms with Crippen molar-refractivity contribution in [1.29, 1.82) is 0 Å². The van der Waals surface area contributed by atoms with E-state index in [1.807, 2.05) is 20.8 Å². The summed E-state index contributed by atoms with van der Waals surface area (Å²) < 4.78 is 46.1. The van der Waals surface area contributed by atoms with E-state index < -0.39 is 18.3 Å². The monoisotopic (exact) mass is 448 g/mol. The molecule has 0 aromatic heterocycles. The van der Waals surface area contributed by atoms with Crippen LogP contribution >= 0.6 is 0 Å². The van der Waals surface area contributed by atoms with Crippen molar-refractivity contribution in [1.82, 2.24) is 0 Å². The molecule has 0 aromatic rings. The van der Waals surface area contributed by atoms with Crippen molar-refractivity contribution in [2.45, 2.75) is 128 Å². The zero-order valence-electron chi connectivity index (χ0n) is 19.5. The van der Waals surface area contributed by atoms with E-state index in [-0.39, 0.29) is 42.9 Å². The van der Waals surface area contributed by atoms with Gasteiger partial charge in [-0.2, -0.15) is 0 Å². The predicted molar refractivity (Wildman–Crippen MR) is 115 cm³/mol. The molecule has 182 valence electrons. The number of carbonyl (C=O) groups excluding carboxylic acids is 1. The normalized spacial score (nSPS) is 29.8. The maximum Gasteiger partial charge on any atom is 0.306 e. The van der Waals surface area contributed by atoms with Crippen LogP contribution in [0, 0.1) is 11.8 Å². The molecule has 31 heavy (non-hydrogen) atoms. The summed E-state index contributed by atoms with van der Waals surface area (Å²) >= 11 is 0. The van der Waals surface area contributed by atoms with Gasteiger partial charge in [-0.05, 0) is 51.9 Å². The molecule has 1 aliphatic heterocycles. The van der Waals surface area contributed by atoms with Gasteiger partial charge in [-0.15, -0.1) is 0 Å². The molecular weight excluding hydrogens is 406 g/mol. The maximum atomic E-state index is 14.3. The van der Waals surface area contributed by atoms with Crippen molar-refractivity contribution in [3.63, 3.8) is 0 Å². The first-order valence-electron chi connectivity index (χ1n) is 12.3. The molecule has 1 N–H and O–H groups in total. The number of aliphatic hydroxyl groups is 1. The van der Waals surface area contributed by atoms with Crippen LogP contribution < -0.4 is 0 Å². The number of esters is 1. The van der Waals surface area contributed by atoms with Gasteiger partial charge in [-0.1, -0.05) is 32.6 Å². The van der Waals surface area contributed by atoms with Crippen LogP contribution in [0.1, 0.15) is 97.8 Å². The van der Waals surface area contributed by atoms with Gasteiger partial charge in [0.05, 0.1) is 6.10 Å². The number of halogens is 2. The molecular formula is C24H42F2O5. The van der Waals surface area contributed by atoms with Gasteiger partial charge in [-0.3, -0.25) is 4.79 Å². The second kappa shape index (κ2) is 13.0. The van der Waals surface area contributed by atoms with Gasteiger partial charge in [0.2, 0.25) is 0 Å². The lowest BCUT2D eigenvalue weighted by Gasteiger charge is -2.30. The second-order valence-electron chi connectivity index (χ2n) is 9.20. The number of rotatable bonds is 11. The molecule has 1 saturated carbocycles. The third-order valence-electron chi connectivity index (χ3n) is 6.81. The van der Waals surface area contributed by atoms with Gasteiger partial charge in [0.15, 0.2) is 6.29 Å². The molecule has 1 heterocycles. The zero-order valence-corrected chi connectivity index (χ0v) is 19.5. The highest BCUT2D eigenvalue weighted by Gasteiger charge is 2.47. The molecule has 2 rings (SSSR count). The van der Waals surface area contributed by atoms with E-state index in [1.165, 1.54) is 0 Å². The number of ether oxygens (including phenoxy) is 3. The number of hydrogen-bond donors (Lipinski definition) is 1. The number of fused-ring (bicyclic) bond motifs is 1. The molecule has 2 fully saturated rings. The van der Waals surface area contributed by atoms with Gasteiger partial charge in [-0.25, -0.2) is 8.78 Å². The Kier molecular flexibility index (Phi) is 11.1. The topological polar surface area (TPSA) is 65.0 Å². The fraction of sp³-hybridized carbons (Fsp3) is 0.958. The Morgan fingerprint density at radius 2 is 1.97 bits per heavy atom. The lowest BCUT2D eigenvalue weighted by Crippen LogP contribution is -2.35. The average Bonchev–Trinajstić information content (AvgIpc) is 3.03.